The smallest absolute Gasteiger partial charge is 0.412 e. The third-order valence-electron chi connectivity index (χ3n) is 5.47. The summed E-state index contributed by atoms with van der Waals surface area (Å²) >= 11 is 6.16. The standard InChI is InChI=1S/C25H29ClN4O4/c1-30(24(32)28-16-20-10-4-5-12-22(20)26)21(11-6-7-13-31)17-34-25(33)29-23-14-18-8-2-3-9-19(18)15-27-23/h2-5,8-10,12,14-15,21,31H,6-7,11,13,16-17H2,1H3,(H,28,32)(H,27,29,33)/t21-/m1/s1. The van der Waals surface area contributed by atoms with Crippen molar-refractivity contribution in [2.45, 2.75) is 31.8 Å². The molecule has 9 heteroatoms. The number of aliphatic hydroxyl groups excluding tert-OH is 1. The van der Waals surface area contributed by atoms with Crippen LogP contribution in [-0.2, 0) is 11.3 Å². The molecule has 1 heterocycles. The second kappa shape index (κ2) is 12.8. The molecule has 0 bridgehead atoms. The molecule has 0 fully saturated rings. The van der Waals surface area contributed by atoms with Crippen LogP contribution in [0.3, 0.4) is 0 Å². The number of nitrogens with zero attached hydrogens (tertiary/aromatic N) is 2. The largest absolute Gasteiger partial charge is 0.447 e. The van der Waals surface area contributed by atoms with Gasteiger partial charge in [0.25, 0.3) is 0 Å². The van der Waals surface area contributed by atoms with Crippen LogP contribution in [0.15, 0.2) is 60.8 Å². The van der Waals surface area contributed by atoms with Gasteiger partial charge in [0.15, 0.2) is 0 Å². The SMILES string of the molecule is CN(C(=O)NCc1ccccc1Cl)[C@H](CCCCO)COC(=O)Nc1cc2ccccc2cn1. The summed E-state index contributed by atoms with van der Waals surface area (Å²) in [6, 6.07) is 16.1. The van der Waals surface area contributed by atoms with Crippen molar-refractivity contribution in [3.8, 4) is 0 Å². The monoisotopic (exact) mass is 484 g/mol. The van der Waals surface area contributed by atoms with Gasteiger partial charge < -0.3 is 20.1 Å². The van der Waals surface area contributed by atoms with Crippen LogP contribution in [0.2, 0.25) is 5.02 Å². The summed E-state index contributed by atoms with van der Waals surface area (Å²) in [5.41, 5.74) is 0.807. The summed E-state index contributed by atoms with van der Waals surface area (Å²) < 4.78 is 5.41. The van der Waals surface area contributed by atoms with Crippen molar-refractivity contribution in [3.05, 3.63) is 71.4 Å². The first kappa shape index (κ1) is 25.3. The number of hydrogen-bond donors (Lipinski definition) is 3. The summed E-state index contributed by atoms with van der Waals surface area (Å²) in [4.78, 5) is 30.8. The molecule has 0 spiro atoms. The highest BCUT2D eigenvalue weighted by molar-refractivity contribution is 6.31. The fraction of sp³-hybridized carbons (Fsp3) is 0.320. The third-order valence-corrected chi connectivity index (χ3v) is 5.84. The van der Waals surface area contributed by atoms with Crippen LogP contribution < -0.4 is 10.6 Å². The lowest BCUT2D eigenvalue weighted by Gasteiger charge is -2.28. The Bertz CT molecular complexity index is 1110. The predicted octanol–water partition coefficient (Wildman–Crippen LogP) is 4.81. The number of amides is 3. The van der Waals surface area contributed by atoms with E-state index in [1.807, 2.05) is 42.5 Å². The fourth-order valence-electron chi connectivity index (χ4n) is 3.45. The van der Waals surface area contributed by atoms with Crippen molar-refractivity contribution < 1.29 is 19.4 Å². The molecule has 34 heavy (non-hydrogen) atoms. The van der Waals surface area contributed by atoms with Crippen molar-refractivity contribution in [2.24, 2.45) is 0 Å². The first-order valence-electron chi connectivity index (χ1n) is 11.1. The molecular formula is C25H29ClN4O4. The highest BCUT2D eigenvalue weighted by atomic mass is 35.5. The topological polar surface area (TPSA) is 104 Å². The molecule has 2 aromatic carbocycles. The number of halogens is 1. The minimum absolute atomic E-state index is 0.000850. The summed E-state index contributed by atoms with van der Waals surface area (Å²) in [5, 5.41) is 17.1. The molecule has 0 saturated heterocycles. The zero-order valence-electron chi connectivity index (χ0n) is 19.0. The molecular weight excluding hydrogens is 456 g/mol. The Balaban J connectivity index is 1.56. The van der Waals surface area contributed by atoms with Gasteiger partial charge in [0.1, 0.15) is 12.4 Å². The molecule has 0 saturated carbocycles. The van der Waals surface area contributed by atoms with Gasteiger partial charge in [-0.05, 0) is 42.3 Å². The number of nitrogens with one attached hydrogen (secondary N) is 2. The number of carbonyl (C=O) groups is 2. The van der Waals surface area contributed by atoms with Crippen LogP contribution in [0, 0.1) is 0 Å². The average molecular weight is 485 g/mol. The van der Waals surface area contributed by atoms with E-state index in [1.54, 1.807) is 25.4 Å². The van der Waals surface area contributed by atoms with Gasteiger partial charge in [-0.3, -0.25) is 5.32 Å². The van der Waals surface area contributed by atoms with Gasteiger partial charge in [0.05, 0.1) is 6.04 Å². The summed E-state index contributed by atoms with van der Waals surface area (Å²) in [5.74, 6) is 0.381. The number of benzene rings is 2. The molecule has 3 N–H and O–H groups in total. The number of unbranched alkanes of at least 4 members (excludes halogenated alkanes) is 1. The van der Waals surface area contributed by atoms with Crippen LogP contribution >= 0.6 is 11.6 Å². The Labute approximate surface area is 203 Å². The number of fused-ring (bicyclic) bond motifs is 1. The first-order valence-corrected chi connectivity index (χ1v) is 11.5. The Morgan fingerprint density at radius 1 is 1.12 bits per heavy atom. The van der Waals surface area contributed by atoms with Crippen molar-refractivity contribution in [3.63, 3.8) is 0 Å². The maximum atomic E-state index is 12.7. The minimum Gasteiger partial charge on any atom is -0.447 e. The summed E-state index contributed by atoms with van der Waals surface area (Å²) in [6.07, 6.45) is 2.87. The minimum atomic E-state index is -0.653. The van der Waals surface area contributed by atoms with Gasteiger partial charge in [-0.15, -0.1) is 0 Å². The van der Waals surface area contributed by atoms with Gasteiger partial charge in [0.2, 0.25) is 0 Å². The van der Waals surface area contributed by atoms with E-state index in [9.17, 15) is 9.59 Å². The number of hydrogen-bond acceptors (Lipinski definition) is 5. The quantitative estimate of drug-likeness (QED) is 0.358. The van der Waals surface area contributed by atoms with Gasteiger partial charge in [-0.1, -0.05) is 54.1 Å². The normalized spacial score (nSPS) is 11.6. The molecule has 3 aromatic rings. The zero-order chi connectivity index (χ0) is 24.3. The third kappa shape index (κ3) is 7.33. The Kier molecular flexibility index (Phi) is 9.49. The van der Waals surface area contributed by atoms with Crippen molar-refractivity contribution in [2.75, 3.05) is 25.6 Å². The van der Waals surface area contributed by atoms with E-state index >= 15 is 0 Å². The Hall–Kier alpha value is -3.36. The van der Waals surface area contributed by atoms with Gasteiger partial charge >= 0.3 is 12.1 Å². The molecule has 180 valence electrons. The second-order valence-electron chi connectivity index (χ2n) is 7.87. The number of aromatic nitrogens is 1. The lowest BCUT2D eigenvalue weighted by Crippen LogP contribution is -2.46. The maximum absolute atomic E-state index is 12.7. The van der Waals surface area contributed by atoms with Crippen molar-refractivity contribution in [1.82, 2.24) is 15.2 Å². The number of pyridine rings is 1. The van der Waals surface area contributed by atoms with Crippen molar-refractivity contribution >= 4 is 40.3 Å². The molecule has 0 aliphatic rings. The van der Waals surface area contributed by atoms with Gasteiger partial charge in [-0.25, -0.2) is 14.6 Å². The van der Waals surface area contributed by atoms with Gasteiger partial charge in [-0.2, -0.15) is 0 Å². The lowest BCUT2D eigenvalue weighted by molar-refractivity contribution is 0.112. The molecule has 8 nitrogen and oxygen atoms in total. The molecule has 3 rings (SSSR count). The van der Waals surface area contributed by atoms with E-state index in [4.69, 9.17) is 21.4 Å². The van der Waals surface area contributed by atoms with Crippen molar-refractivity contribution in [1.29, 1.82) is 0 Å². The first-order chi connectivity index (χ1) is 16.5. The fourth-order valence-corrected chi connectivity index (χ4v) is 3.65. The molecule has 1 atom stereocenters. The van der Waals surface area contributed by atoms with Crippen LogP contribution in [0.4, 0.5) is 15.4 Å². The number of ether oxygens (including phenoxy) is 1. The number of urea groups is 1. The molecule has 3 amide bonds. The average Bonchev–Trinajstić information content (AvgIpc) is 2.85. The second-order valence-corrected chi connectivity index (χ2v) is 8.28. The predicted molar refractivity (Wildman–Crippen MR) is 133 cm³/mol. The highest BCUT2D eigenvalue weighted by Crippen LogP contribution is 2.17. The van der Waals surface area contributed by atoms with Crippen LogP contribution in [0.1, 0.15) is 24.8 Å². The Morgan fingerprint density at radius 3 is 2.62 bits per heavy atom. The van der Waals surface area contributed by atoms with Crippen LogP contribution in [-0.4, -0.2) is 53.4 Å². The molecule has 1 aromatic heterocycles. The van der Waals surface area contributed by atoms with Gasteiger partial charge in [0, 0.05) is 36.8 Å². The van der Waals surface area contributed by atoms with E-state index in [2.05, 4.69) is 15.6 Å². The summed E-state index contributed by atoms with van der Waals surface area (Å²) in [7, 11) is 1.65. The lowest BCUT2D eigenvalue weighted by atomic mass is 10.1. The number of rotatable bonds is 10. The molecule has 0 aliphatic heterocycles. The number of carbonyl (C=O) groups excluding carboxylic acids is 2. The number of aliphatic hydroxyl groups is 1. The zero-order valence-corrected chi connectivity index (χ0v) is 19.8. The summed E-state index contributed by atoms with van der Waals surface area (Å²) in [6.45, 7) is 0.339. The van der Waals surface area contributed by atoms with Crippen LogP contribution in [0.5, 0.6) is 0 Å². The molecule has 0 aliphatic carbocycles. The van der Waals surface area contributed by atoms with E-state index in [-0.39, 0.29) is 31.8 Å². The highest BCUT2D eigenvalue weighted by Gasteiger charge is 2.22. The van der Waals surface area contributed by atoms with E-state index in [0.29, 0.717) is 30.1 Å². The maximum Gasteiger partial charge on any atom is 0.412 e. The van der Waals surface area contributed by atoms with E-state index in [1.165, 1.54) is 4.90 Å². The number of likely N-dealkylation sites (N-methyl/N-ethyl adjacent to an activating group) is 1. The Morgan fingerprint density at radius 2 is 1.85 bits per heavy atom. The van der Waals surface area contributed by atoms with Crippen LogP contribution in [0.25, 0.3) is 10.8 Å². The molecule has 0 radical (unpaired) electrons. The van der Waals surface area contributed by atoms with E-state index < -0.39 is 6.09 Å². The number of anilines is 1. The molecule has 0 unspecified atom stereocenters. The van der Waals surface area contributed by atoms with E-state index in [0.717, 1.165) is 16.3 Å².